The summed E-state index contributed by atoms with van der Waals surface area (Å²) in [6.45, 7) is 6.00. The van der Waals surface area contributed by atoms with Crippen LogP contribution in [-0.4, -0.2) is 65.9 Å². The van der Waals surface area contributed by atoms with Gasteiger partial charge in [-0.05, 0) is 25.3 Å². The standard InChI is InChI=1S/C22H28O9/c1-11-17-15(30-21(28)14(10-24)6-7-29-12(2)25)8-22(3)16(26)5-4-13(9-23)18(22)19(17)31-20(11)27/h6,9,13,15-19,24,26H,1,4-5,7-8,10H2,2-3H3/b14-6+/t13?,15-,16+,17+,18?,19-,22-/m0/s1. The molecule has 0 aromatic rings. The van der Waals surface area contributed by atoms with Gasteiger partial charge >= 0.3 is 17.9 Å². The lowest BCUT2D eigenvalue weighted by molar-refractivity contribution is -0.194. The van der Waals surface area contributed by atoms with Crippen molar-refractivity contribution in [3.8, 4) is 0 Å². The first-order valence-electron chi connectivity index (χ1n) is 10.3. The lowest BCUT2D eigenvalue weighted by Gasteiger charge is -2.55. The van der Waals surface area contributed by atoms with Crippen molar-refractivity contribution in [3.63, 3.8) is 0 Å². The van der Waals surface area contributed by atoms with Crippen molar-refractivity contribution in [2.45, 2.75) is 51.4 Å². The molecule has 2 N–H and O–H groups in total. The van der Waals surface area contributed by atoms with Crippen LogP contribution in [0.1, 0.15) is 33.1 Å². The first-order valence-corrected chi connectivity index (χ1v) is 10.3. The molecule has 1 aliphatic heterocycles. The highest BCUT2D eigenvalue weighted by Crippen LogP contribution is 2.58. The topological polar surface area (TPSA) is 136 Å². The molecule has 0 aromatic carbocycles. The number of ether oxygens (including phenoxy) is 3. The quantitative estimate of drug-likeness (QED) is 0.263. The molecule has 2 unspecified atom stereocenters. The summed E-state index contributed by atoms with van der Waals surface area (Å²) in [5, 5.41) is 20.3. The average molecular weight is 436 g/mol. The van der Waals surface area contributed by atoms with Gasteiger partial charge in [0, 0.05) is 29.7 Å². The van der Waals surface area contributed by atoms with Gasteiger partial charge in [-0.2, -0.15) is 0 Å². The molecule has 170 valence electrons. The summed E-state index contributed by atoms with van der Waals surface area (Å²) in [6, 6.07) is 0. The molecule has 2 saturated carbocycles. The van der Waals surface area contributed by atoms with E-state index in [1.54, 1.807) is 0 Å². The minimum Gasteiger partial charge on any atom is -0.462 e. The third-order valence-corrected chi connectivity index (χ3v) is 6.90. The molecular weight excluding hydrogens is 408 g/mol. The highest BCUT2D eigenvalue weighted by Gasteiger charge is 2.63. The van der Waals surface area contributed by atoms with Crippen LogP contribution in [0.4, 0.5) is 0 Å². The molecule has 0 amide bonds. The number of hydrogen-bond acceptors (Lipinski definition) is 9. The van der Waals surface area contributed by atoms with Gasteiger partial charge < -0.3 is 29.2 Å². The SMILES string of the molecule is C=C1C(=O)O[C@@H]2C3C(C=O)CC[C@@H](O)[C@]3(C)C[C@H](OC(=O)/C(=C/COC(C)=O)CO)[C@@H]12. The summed E-state index contributed by atoms with van der Waals surface area (Å²) >= 11 is 0. The molecule has 3 aliphatic rings. The lowest BCUT2D eigenvalue weighted by Crippen LogP contribution is -2.60. The summed E-state index contributed by atoms with van der Waals surface area (Å²) < 4.78 is 16.0. The summed E-state index contributed by atoms with van der Waals surface area (Å²) in [4.78, 5) is 47.7. The lowest BCUT2D eigenvalue weighted by atomic mass is 9.51. The molecule has 9 nitrogen and oxygen atoms in total. The van der Waals surface area contributed by atoms with Gasteiger partial charge in [0.1, 0.15) is 25.1 Å². The van der Waals surface area contributed by atoms with E-state index in [1.165, 1.54) is 13.0 Å². The van der Waals surface area contributed by atoms with Gasteiger partial charge in [0.25, 0.3) is 0 Å². The van der Waals surface area contributed by atoms with E-state index < -0.39 is 66.0 Å². The van der Waals surface area contributed by atoms with Crippen LogP contribution < -0.4 is 0 Å². The highest BCUT2D eigenvalue weighted by molar-refractivity contribution is 5.92. The predicted octanol–water partition coefficient (Wildman–Crippen LogP) is 0.474. The van der Waals surface area contributed by atoms with E-state index in [9.17, 15) is 29.4 Å². The number of carbonyl (C=O) groups excluding carboxylic acids is 4. The smallest absolute Gasteiger partial charge is 0.336 e. The molecule has 0 radical (unpaired) electrons. The number of esters is 3. The van der Waals surface area contributed by atoms with E-state index in [-0.39, 0.29) is 24.2 Å². The Morgan fingerprint density at radius 1 is 1.35 bits per heavy atom. The summed E-state index contributed by atoms with van der Waals surface area (Å²) in [5.41, 5.74) is -0.762. The third kappa shape index (κ3) is 4.16. The molecule has 7 atom stereocenters. The molecule has 2 aliphatic carbocycles. The van der Waals surface area contributed by atoms with Crippen LogP contribution in [0.2, 0.25) is 0 Å². The minimum atomic E-state index is -0.846. The Balaban J connectivity index is 1.89. The van der Waals surface area contributed by atoms with Gasteiger partial charge in [0.2, 0.25) is 0 Å². The number of aliphatic hydroxyl groups is 2. The maximum absolute atomic E-state index is 12.7. The van der Waals surface area contributed by atoms with Crippen molar-refractivity contribution in [2.75, 3.05) is 13.2 Å². The first kappa shape index (κ1) is 23.1. The third-order valence-electron chi connectivity index (χ3n) is 6.90. The Kier molecular flexibility index (Phi) is 6.66. The number of fused-ring (bicyclic) bond motifs is 3. The average Bonchev–Trinajstić information content (AvgIpc) is 3.00. The van der Waals surface area contributed by atoms with E-state index in [0.717, 1.165) is 6.29 Å². The minimum absolute atomic E-state index is 0.101. The molecule has 3 fully saturated rings. The summed E-state index contributed by atoms with van der Waals surface area (Å²) in [5.74, 6) is -3.45. The monoisotopic (exact) mass is 436 g/mol. The summed E-state index contributed by atoms with van der Waals surface area (Å²) in [7, 11) is 0. The van der Waals surface area contributed by atoms with Crippen molar-refractivity contribution >= 4 is 24.2 Å². The van der Waals surface area contributed by atoms with Crippen LogP contribution in [-0.2, 0) is 33.4 Å². The molecule has 31 heavy (non-hydrogen) atoms. The second-order valence-corrected chi connectivity index (χ2v) is 8.68. The Labute approximate surface area is 180 Å². The number of hydrogen-bond donors (Lipinski definition) is 2. The molecular formula is C22H28O9. The zero-order valence-corrected chi connectivity index (χ0v) is 17.6. The zero-order valence-electron chi connectivity index (χ0n) is 17.6. The fourth-order valence-electron chi connectivity index (χ4n) is 5.31. The van der Waals surface area contributed by atoms with Gasteiger partial charge in [0.15, 0.2) is 0 Å². The largest absolute Gasteiger partial charge is 0.462 e. The Morgan fingerprint density at radius 2 is 2.06 bits per heavy atom. The Morgan fingerprint density at radius 3 is 2.68 bits per heavy atom. The molecule has 0 aromatic heterocycles. The van der Waals surface area contributed by atoms with Crippen molar-refractivity contribution in [2.24, 2.45) is 23.2 Å². The van der Waals surface area contributed by atoms with Crippen molar-refractivity contribution in [3.05, 3.63) is 23.8 Å². The number of aldehydes is 1. The van der Waals surface area contributed by atoms with E-state index in [2.05, 4.69) is 6.58 Å². The second-order valence-electron chi connectivity index (χ2n) is 8.68. The highest BCUT2D eigenvalue weighted by atomic mass is 16.6. The Hall–Kier alpha value is -2.52. The van der Waals surface area contributed by atoms with Crippen LogP contribution >= 0.6 is 0 Å². The van der Waals surface area contributed by atoms with Crippen molar-refractivity contribution in [1.29, 1.82) is 0 Å². The van der Waals surface area contributed by atoms with Crippen LogP contribution in [0, 0.1) is 23.2 Å². The molecule has 0 bridgehead atoms. The number of rotatable bonds is 6. The molecule has 9 heteroatoms. The maximum atomic E-state index is 12.7. The van der Waals surface area contributed by atoms with Crippen molar-refractivity contribution in [1.82, 2.24) is 0 Å². The number of carbonyl (C=O) groups is 4. The summed E-state index contributed by atoms with van der Waals surface area (Å²) in [6.07, 6.45) is 0.829. The number of aliphatic hydroxyl groups excluding tert-OH is 2. The predicted molar refractivity (Wildman–Crippen MR) is 105 cm³/mol. The van der Waals surface area contributed by atoms with E-state index >= 15 is 0 Å². The van der Waals surface area contributed by atoms with E-state index in [4.69, 9.17) is 14.2 Å². The first-order chi connectivity index (χ1) is 14.6. The fourth-order valence-corrected chi connectivity index (χ4v) is 5.31. The molecule has 0 spiro atoms. The van der Waals surface area contributed by atoms with Crippen molar-refractivity contribution < 1.29 is 43.6 Å². The van der Waals surface area contributed by atoms with Crippen LogP contribution in [0.25, 0.3) is 0 Å². The fraction of sp³-hybridized carbons (Fsp3) is 0.636. The van der Waals surface area contributed by atoms with E-state index in [1.807, 2.05) is 6.92 Å². The van der Waals surface area contributed by atoms with E-state index in [0.29, 0.717) is 12.8 Å². The Bertz CT molecular complexity index is 816. The van der Waals surface area contributed by atoms with Gasteiger partial charge in [-0.25, -0.2) is 9.59 Å². The van der Waals surface area contributed by atoms with Crippen LogP contribution in [0.3, 0.4) is 0 Å². The van der Waals surface area contributed by atoms with Crippen LogP contribution in [0.5, 0.6) is 0 Å². The van der Waals surface area contributed by atoms with Gasteiger partial charge in [-0.3, -0.25) is 4.79 Å². The van der Waals surface area contributed by atoms with Gasteiger partial charge in [-0.15, -0.1) is 0 Å². The van der Waals surface area contributed by atoms with Gasteiger partial charge in [-0.1, -0.05) is 13.5 Å². The zero-order chi connectivity index (χ0) is 22.9. The van der Waals surface area contributed by atoms with Crippen LogP contribution in [0.15, 0.2) is 23.8 Å². The molecule has 3 rings (SSSR count). The van der Waals surface area contributed by atoms with Gasteiger partial charge in [0.05, 0.1) is 24.2 Å². The molecule has 1 saturated heterocycles. The second kappa shape index (κ2) is 8.92. The maximum Gasteiger partial charge on any atom is 0.336 e. The molecule has 1 heterocycles. The normalized spacial score (nSPS) is 37.4.